The van der Waals surface area contributed by atoms with Gasteiger partial charge in [0.25, 0.3) is 0 Å². The molecule has 1 atom stereocenters. The summed E-state index contributed by atoms with van der Waals surface area (Å²) in [4.78, 5) is 33.6. The summed E-state index contributed by atoms with van der Waals surface area (Å²) >= 11 is 0. The minimum Gasteiger partial charge on any atom is -0.335 e. The van der Waals surface area contributed by atoms with E-state index in [9.17, 15) is 35.9 Å². The highest BCUT2D eigenvalue weighted by Crippen LogP contribution is 2.32. The molecule has 0 bridgehead atoms. The molecule has 0 aliphatic heterocycles. The fourth-order valence-corrected chi connectivity index (χ4v) is 4.69. The fourth-order valence-electron chi connectivity index (χ4n) is 4.69. The van der Waals surface area contributed by atoms with Crippen LogP contribution in [-0.4, -0.2) is 55.6 Å². The van der Waals surface area contributed by atoms with Crippen molar-refractivity contribution in [2.24, 2.45) is 0 Å². The van der Waals surface area contributed by atoms with Crippen LogP contribution >= 0.6 is 0 Å². The first kappa shape index (κ1) is 29.0. The van der Waals surface area contributed by atoms with Crippen molar-refractivity contribution < 1.29 is 35.9 Å². The van der Waals surface area contributed by atoms with Crippen molar-refractivity contribution in [1.82, 2.24) is 24.6 Å². The number of amides is 1. The number of pyridine rings is 2. The second kappa shape index (κ2) is 10.9. The maximum Gasteiger partial charge on any atom is 0.471 e. The second-order valence-electron chi connectivity index (χ2n) is 9.64. The predicted octanol–water partition coefficient (Wildman–Crippen LogP) is 5.68. The van der Waals surface area contributed by atoms with Crippen LogP contribution < -0.4 is 0 Å². The summed E-state index contributed by atoms with van der Waals surface area (Å²) in [5, 5.41) is 4.12. The van der Waals surface area contributed by atoms with Gasteiger partial charge in [-0.15, -0.1) is 0 Å². The number of rotatable bonds is 6. The first-order valence-electron chi connectivity index (χ1n) is 12.3. The number of Topliss-reactive ketones (excluding diaryl/α,β-unsaturated/α-hetero) is 1. The molecule has 3 aromatic rings. The van der Waals surface area contributed by atoms with Crippen LogP contribution in [0.15, 0.2) is 42.9 Å². The lowest BCUT2D eigenvalue weighted by Crippen LogP contribution is -2.45. The van der Waals surface area contributed by atoms with Crippen LogP contribution in [0.1, 0.15) is 57.7 Å². The van der Waals surface area contributed by atoms with Crippen molar-refractivity contribution in [1.29, 1.82) is 0 Å². The number of nitrogens with zero attached hydrogens (tertiary/aromatic N) is 5. The smallest absolute Gasteiger partial charge is 0.335 e. The van der Waals surface area contributed by atoms with Crippen LogP contribution in [0, 0.1) is 13.8 Å². The molecule has 212 valence electrons. The lowest BCUT2D eigenvalue weighted by atomic mass is 9.90. The Morgan fingerprint density at radius 2 is 1.77 bits per heavy atom. The molecule has 0 N–H and O–H groups in total. The van der Waals surface area contributed by atoms with Crippen LogP contribution in [-0.2, 0) is 17.4 Å². The van der Waals surface area contributed by atoms with Gasteiger partial charge in [0.15, 0.2) is 11.6 Å². The first-order chi connectivity index (χ1) is 18.7. The number of aryl methyl sites for hydroxylation is 1. The van der Waals surface area contributed by atoms with Gasteiger partial charge in [-0.1, -0.05) is 12.1 Å². The number of alkyl halides is 6. The van der Waals surface area contributed by atoms with Crippen molar-refractivity contribution in [3.63, 3.8) is 0 Å². The number of carbonyl (C=O) groups is 2. The van der Waals surface area contributed by atoms with Gasteiger partial charge in [0, 0.05) is 31.9 Å². The summed E-state index contributed by atoms with van der Waals surface area (Å²) in [7, 11) is 1.15. The maximum atomic E-state index is 13.0. The summed E-state index contributed by atoms with van der Waals surface area (Å²) < 4.78 is 78.0. The minimum absolute atomic E-state index is 0.00651. The van der Waals surface area contributed by atoms with Crippen LogP contribution in [0.25, 0.3) is 11.4 Å². The van der Waals surface area contributed by atoms with E-state index in [2.05, 4.69) is 15.1 Å². The molecule has 3 heterocycles. The molecule has 0 aromatic carbocycles. The zero-order valence-electron chi connectivity index (χ0n) is 21.8. The zero-order chi connectivity index (χ0) is 29.4. The molecule has 0 radical (unpaired) electrons. The third-order valence-electron chi connectivity index (χ3n) is 6.90. The summed E-state index contributed by atoms with van der Waals surface area (Å²) in [5.41, 5.74) is 2.79. The molecule has 0 spiro atoms. The van der Waals surface area contributed by atoms with Crippen LogP contribution in [0.5, 0.6) is 0 Å². The molecule has 0 fully saturated rings. The average molecular weight is 566 g/mol. The van der Waals surface area contributed by atoms with E-state index in [0.29, 0.717) is 41.6 Å². The van der Waals surface area contributed by atoms with Crippen molar-refractivity contribution >= 4 is 17.3 Å². The van der Waals surface area contributed by atoms with Gasteiger partial charge in [0.2, 0.25) is 0 Å². The van der Waals surface area contributed by atoms with Gasteiger partial charge in [0.1, 0.15) is 0 Å². The van der Waals surface area contributed by atoms with Gasteiger partial charge in [-0.2, -0.15) is 31.4 Å². The van der Waals surface area contributed by atoms with Crippen LogP contribution in [0.2, 0.25) is 0 Å². The molecule has 1 aliphatic rings. The summed E-state index contributed by atoms with van der Waals surface area (Å²) in [6, 6.07) is 3.32. The normalized spacial score (nSPS) is 16.0. The predicted molar refractivity (Wildman–Crippen MR) is 133 cm³/mol. The van der Waals surface area contributed by atoms with E-state index in [0.717, 1.165) is 29.2 Å². The summed E-state index contributed by atoms with van der Waals surface area (Å²) in [6.45, 7) is 3.44. The number of halogens is 6. The highest BCUT2D eigenvalue weighted by Gasteiger charge is 2.43. The van der Waals surface area contributed by atoms with E-state index < -0.39 is 29.9 Å². The number of hydrogen-bond donors (Lipinski definition) is 0. The van der Waals surface area contributed by atoms with Gasteiger partial charge in [0.05, 0.1) is 28.7 Å². The van der Waals surface area contributed by atoms with Gasteiger partial charge in [-0.25, -0.2) is 9.67 Å². The topological polar surface area (TPSA) is 81.0 Å². The Morgan fingerprint density at radius 1 is 1.05 bits per heavy atom. The van der Waals surface area contributed by atoms with Crippen molar-refractivity contribution in [2.75, 3.05) is 7.05 Å². The van der Waals surface area contributed by atoms with Crippen LogP contribution in [0.4, 0.5) is 26.3 Å². The highest BCUT2D eigenvalue weighted by molar-refractivity contribution is 5.98. The zero-order valence-corrected chi connectivity index (χ0v) is 21.8. The Kier molecular flexibility index (Phi) is 7.86. The summed E-state index contributed by atoms with van der Waals surface area (Å²) in [6.07, 6.45) is -2.95. The average Bonchev–Trinajstić information content (AvgIpc) is 3.28. The van der Waals surface area contributed by atoms with E-state index in [1.54, 1.807) is 19.2 Å². The first-order valence-corrected chi connectivity index (χ1v) is 12.3. The van der Waals surface area contributed by atoms with E-state index >= 15 is 0 Å². The molecule has 7 nitrogen and oxygen atoms in total. The molecule has 3 aromatic heterocycles. The lowest BCUT2D eigenvalue weighted by molar-refractivity contribution is -0.186. The monoisotopic (exact) mass is 565 g/mol. The van der Waals surface area contributed by atoms with E-state index in [1.165, 1.54) is 16.9 Å². The Bertz CT molecular complexity index is 1460. The molecular formula is C27H25F6N5O2. The number of aromatic nitrogens is 4. The quantitative estimate of drug-likeness (QED) is 0.284. The van der Waals surface area contributed by atoms with Crippen molar-refractivity contribution in [2.45, 2.75) is 57.9 Å². The SMILES string of the molecule is Cc1cc(CC(=O)c2cnn(-c3ccc(C(F)(F)F)cn3)c2C)cnc1C1=CCC(N(C)C(=O)C(F)(F)F)CC1. The molecule has 0 saturated carbocycles. The highest BCUT2D eigenvalue weighted by atomic mass is 19.4. The molecular weight excluding hydrogens is 540 g/mol. The molecule has 13 heteroatoms. The molecule has 1 aliphatic carbocycles. The molecule has 40 heavy (non-hydrogen) atoms. The largest absolute Gasteiger partial charge is 0.471 e. The molecule has 1 amide bonds. The Morgan fingerprint density at radius 3 is 2.33 bits per heavy atom. The standard InChI is InChI=1S/C27H25F6N5O2/c1-15-10-17(12-35-24(15)18-4-7-20(8-5-18)37(3)25(40)27(31,32)33)11-22(39)21-14-36-38(16(21)2)23-9-6-19(13-34-23)26(28,29)30/h4,6,9-10,12-14,20H,5,7-8,11H2,1-3H3. The number of carbonyl (C=O) groups excluding carboxylic acids is 2. The second-order valence-corrected chi connectivity index (χ2v) is 9.64. The Balaban J connectivity index is 1.44. The van der Waals surface area contributed by atoms with Crippen molar-refractivity contribution in [3.8, 4) is 5.82 Å². The maximum absolute atomic E-state index is 13.0. The van der Waals surface area contributed by atoms with Gasteiger partial charge in [-0.3, -0.25) is 14.6 Å². The number of hydrogen-bond acceptors (Lipinski definition) is 5. The van der Waals surface area contributed by atoms with E-state index in [1.807, 2.05) is 13.0 Å². The van der Waals surface area contributed by atoms with Crippen LogP contribution in [0.3, 0.4) is 0 Å². The fraction of sp³-hybridized carbons (Fsp3) is 0.370. The minimum atomic E-state index is -4.92. The lowest BCUT2D eigenvalue weighted by Gasteiger charge is -2.31. The Hall–Kier alpha value is -4.03. The molecule has 0 saturated heterocycles. The van der Waals surface area contributed by atoms with E-state index in [-0.39, 0.29) is 24.4 Å². The van der Waals surface area contributed by atoms with Gasteiger partial charge in [-0.05, 0) is 61.9 Å². The van der Waals surface area contributed by atoms with Gasteiger partial charge >= 0.3 is 18.3 Å². The third-order valence-corrected chi connectivity index (χ3v) is 6.90. The van der Waals surface area contributed by atoms with Gasteiger partial charge < -0.3 is 4.90 Å². The molecule has 4 rings (SSSR count). The third kappa shape index (κ3) is 6.07. The van der Waals surface area contributed by atoms with E-state index in [4.69, 9.17) is 0 Å². The number of allylic oxidation sites excluding steroid dienone is 1. The Labute approximate surface area is 225 Å². The molecule has 1 unspecified atom stereocenters. The number of ketones is 1. The van der Waals surface area contributed by atoms with Crippen molar-refractivity contribution in [3.05, 3.63) is 76.5 Å². The summed E-state index contributed by atoms with van der Waals surface area (Å²) in [5.74, 6) is -1.99.